The molecule has 0 unspecified atom stereocenters. The topological polar surface area (TPSA) is 115 Å². The van der Waals surface area contributed by atoms with Gasteiger partial charge in [0, 0.05) is 37.3 Å². The van der Waals surface area contributed by atoms with Gasteiger partial charge in [0.25, 0.3) is 5.69 Å². The van der Waals surface area contributed by atoms with E-state index in [0.29, 0.717) is 32.5 Å². The van der Waals surface area contributed by atoms with E-state index in [0.717, 1.165) is 16.8 Å². The molecule has 2 N–H and O–H groups in total. The zero-order valence-electron chi connectivity index (χ0n) is 15.8. The average molecular weight is 394 g/mol. The Morgan fingerprint density at radius 1 is 1.14 bits per heavy atom. The van der Waals surface area contributed by atoms with Crippen molar-refractivity contribution in [2.75, 3.05) is 11.9 Å². The molecule has 0 radical (unpaired) electrons. The third-order valence-corrected chi connectivity index (χ3v) is 4.28. The van der Waals surface area contributed by atoms with E-state index in [1.807, 2.05) is 24.3 Å². The molecular formula is C20H22N6O3. The number of nitro benzene ring substituents is 1. The van der Waals surface area contributed by atoms with Gasteiger partial charge < -0.3 is 10.6 Å². The Morgan fingerprint density at radius 3 is 2.66 bits per heavy atom. The van der Waals surface area contributed by atoms with Gasteiger partial charge in [0.05, 0.1) is 11.5 Å². The zero-order chi connectivity index (χ0) is 20.5. The number of rotatable bonds is 10. The molecule has 0 atom stereocenters. The number of nitrogens with zero attached hydrogens (tertiary/aromatic N) is 4. The van der Waals surface area contributed by atoms with E-state index in [2.05, 4.69) is 20.7 Å². The molecule has 3 aromatic rings. The number of hydrogen-bond donors (Lipinski definition) is 2. The molecule has 29 heavy (non-hydrogen) atoms. The molecule has 0 bridgehead atoms. The highest BCUT2D eigenvalue weighted by atomic mass is 16.6. The quantitative estimate of drug-likeness (QED) is 0.310. The summed E-state index contributed by atoms with van der Waals surface area (Å²) >= 11 is 0. The molecule has 0 aliphatic carbocycles. The molecule has 1 heterocycles. The number of hydrogen-bond acceptors (Lipinski definition) is 6. The molecule has 2 aromatic carbocycles. The van der Waals surface area contributed by atoms with Crippen molar-refractivity contribution < 1.29 is 9.72 Å². The minimum Gasteiger partial charge on any atom is -0.385 e. The van der Waals surface area contributed by atoms with Crippen molar-refractivity contribution in [3.05, 3.63) is 82.4 Å². The number of nitro groups is 1. The molecule has 0 saturated heterocycles. The first-order valence-corrected chi connectivity index (χ1v) is 9.25. The summed E-state index contributed by atoms with van der Waals surface area (Å²) in [6.07, 6.45) is 4.23. The van der Waals surface area contributed by atoms with Crippen LogP contribution in [-0.2, 0) is 17.9 Å². The summed E-state index contributed by atoms with van der Waals surface area (Å²) in [5.74, 6) is -0.0165. The van der Waals surface area contributed by atoms with E-state index in [1.54, 1.807) is 23.1 Å². The fourth-order valence-corrected chi connectivity index (χ4v) is 2.81. The normalized spacial score (nSPS) is 10.5. The van der Waals surface area contributed by atoms with Gasteiger partial charge in [0.15, 0.2) is 0 Å². The molecule has 150 valence electrons. The third-order valence-electron chi connectivity index (χ3n) is 4.28. The number of carbonyl (C=O) groups excluding carboxylic acids is 1. The molecule has 9 heteroatoms. The van der Waals surface area contributed by atoms with Crippen LogP contribution in [-0.4, -0.2) is 32.1 Å². The standard InChI is InChI=1S/C20H22N6O3/c27-20(5-2-10-22-18-6-8-19(9-7-18)26(28)29)23-12-16-3-1-4-17(11-16)13-25-15-21-14-24-25/h1,3-4,6-9,11,14-15,22H,2,5,10,12-13H2,(H,23,27). The Balaban J connectivity index is 1.36. The lowest BCUT2D eigenvalue weighted by Gasteiger charge is -2.09. The van der Waals surface area contributed by atoms with Gasteiger partial charge in [-0.25, -0.2) is 9.67 Å². The molecule has 1 aromatic heterocycles. The first-order chi connectivity index (χ1) is 14.1. The third kappa shape index (κ3) is 6.42. The monoisotopic (exact) mass is 394 g/mol. The molecule has 1 amide bonds. The van der Waals surface area contributed by atoms with Crippen molar-refractivity contribution in [3.63, 3.8) is 0 Å². The molecule has 0 aliphatic rings. The Hall–Kier alpha value is -3.75. The molecule has 0 aliphatic heterocycles. The van der Waals surface area contributed by atoms with Crippen LogP contribution >= 0.6 is 0 Å². The average Bonchev–Trinajstić information content (AvgIpc) is 3.23. The van der Waals surface area contributed by atoms with Crippen LogP contribution in [0.5, 0.6) is 0 Å². The maximum Gasteiger partial charge on any atom is 0.269 e. The second kappa shape index (κ2) is 9.98. The number of benzene rings is 2. The van der Waals surface area contributed by atoms with Crippen LogP contribution < -0.4 is 10.6 Å². The van der Waals surface area contributed by atoms with E-state index in [1.165, 1.54) is 18.5 Å². The molecule has 9 nitrogen and oxygen atoms in total. The van der Waals surface area contributed by atoms with Gasteiger partial charge in [-0.3, -0.25) is 14.9 Å². The Bertz CT molecular complexity index is 941. The van der Waals surface area contributed by atoms with Gasteiger partial charge in [-0.1, -0.05) is 24.3 Å². The smallest absolute Gasteiger partial charge is 0.269 e. The van der Waals surface area contributed by atoms with Gasteiger partial charge in [-0.2, -0.15) is 5.10 Å². The molecule has 3 rings (SSSR count). The lowest BCUT2D eigenvalue weighted by Crippen LogP contribution is -2.23. The Kier molecular flexibility index (Phi) is 6.88. The summed E-state index contributed by atoms with van der Waals surface area (Å²) in [6, 6.07) is 14.2. The van der Waals surface area contributed by atoms with Crippen molar-refractivity contribution in [1.82, 2.24) is 20.1 Å². The van der Waals surface area contributed by atoms with E-state index in [4.69, 9.17) is 0 Å². The number of carbonyl (C=O) groups is 1. The zero-order valence-corrected chi connectivity index (χ0v) is 15.8. The van der Waals surface area contributed by atoms with Crippen LogP contribution in [0.3, 0.4) is 0 Å². The lowest BCUT2D eigenvalue weighted by atomic mass is 10.1. The predicted octanol–water partition coefficient (Wildman–Crippen LogP) is 2.74. The highest BCUT2D eigenvalue weighted by molar-refractivity contribution is 5.75. The van der Waals surface area contributed by atoms with E-state index in [-0.39, 0.29) is 11.6 Å². The maximum absolute atomic E-state index is 12.1. The predicted molar refractivity (Wildman–Crippen MR) is 108 cm³/mol. The number of aromatic nitrogens is 3. The summed E-state index contributed by atoms with van der Waals surface area (Å²) < 4.78 is 1.75. The number of nitrogens with one attached hydrogen (secondary N) is 2. The van der Waals surface area contributed by atoms with Gasteiger partial charge >= 0.3 is 0 Å². The number of non-ortho nitro benzene ring substituents is 1. The minimum atomic E-state index is -0.432. The Labute approximate surface area is 167 Å². The summed E-state index contributed by atoms with van der Waals surface area (Å²) in [4.78, 5) is 26.2. The first kappa shape index (κ1) is 20.0. The fourth-order valence-electron chi connectivity index (χ4n) is 2.81. The largest absolute Gasteiger partial charge is 0.385 e. The first-order valence-electron chi connectivity index (χ1n) is 9.25. The second-order valence-corrected chi connectivity index (χ2v) is 6.52. The molecule has 0 saturated carbocycles. The summed E-state index contributed by atoms with van der Waals surface area (Å²) in [5, 5.41) is 20.8. The van der Waals surface area contributed by atoms with Crippen molar-refractivity contribution >= 4 is 17.3 Å². The summed E-state index contributed by atoms with van der Waals surface area (Å²) in [7, 11) is 0. The van der Waals surface area contributed by atoms with Gasteiger partial charge in [0.1, 0.15) is 12.7 Å². The molecule has 0 fully saturated rings. The Morgan fingerprint density at radius 2 is 1.93 bits per heavy atom. The minimum absolute atomic E-state index is 0.0165. The van der Waals surface area contributed by atoms with E-state index >= 15 is 0 Å². The highest BCUT2D eigenvalue weighted by Crippen LogP contribution is 2.15. The van der Waals surface area contributed by atoms with Crippen LogP contribution in [0.15, 0.2) is 61.2 Å². The summed E-state index contributed by atoms with van der Waals surface area (Å²) in [5.41, 5.74) is 2.97. The van der Waals surface area contributed by atoms with E-state index < -0.39 is 4.92 Å². The van der Waals surface area contributed by atoms with Gasteiger partial charge in [0.2, 0.25) is 5.91 Å². The highest BCUT2D eigenvalue weighted by Gasteiger charge is 2.05. The molecular weight excluding hydrogens is 372 g/mol. The number of anilines is 1. The summed E-state index contributed by atoms with van der Waals surface area (Å²) in [6.45, 7) is 1.72. The lowest BCUT2D eigenvalue weighted by molar-refractivity contribution is -0.384. The van der Waals surface area contributed by atoms with Crippen molar-refractivity contribution in [3.8, 4) is 0 Å². The number of amides is 1. The maximum atomic E-state index is 12.1. The van der Waals surface area contributed by atoms with Crippen molar-refractivity contribution in [2.45, 2.75) is 25.9 Å². The van der Waals surface area contributed by atoms with Crippen LogP contribution in [0.25, 0.3) is 0 Å². The fraction of sp³-hybridized carbons (Fsp3) is 0.250. The second-order valence-electron chi connectivity index (χ2n) is 6.52. The van der Waals surface area contributed by atoms with Crippen molar-refractivity contribution in [2.24, 2.45) is 0 Å². The SMILES string of the molecule is O=C(CCCNc1ccc([N+](=O)[O-])cc1)NCc1cccc(Cn2cncn2)c1. The van der Waals surface area contributed by atoms with Gasteiger partial charge in [-0.05, 0) is 29.7 Å². The van der Waals surface area contributed by atoms with Crippen LogP contribution in [0.4, 0.5) is 11.4 Å². The van der Waals surface area contributed by atoms with E-state index in [9.17, 15) is 14.9 Å². The van der Waals surface area contributed by atoms with Crippen LogP contribution in [0, 0.1) is 10.1 Å². The van der Waals surface area contributed by atoms with Crippen molar-refractivity contribution in [1.29, 1.82) is 0 Å². The van der Waals surface area contributed by atoms with Crippen LogP contribution in [0.2, 0.25) is 0 Å². The van der Waals surface area contributed by atoms with Crippen LogP contribution in [0.1, 0.15) is 24.0 Å². The molecule has 0 spiro atoms. The van der Waals surface area contributed by atoms with Gasteiger partial charge in [-0.15, -0.1) is 0 Å².